The summed E-state index contributed by atoms with van der Waals surface area (Å²) < 4.78 is 5.28. The SMILES string of the molecule is CCc1cc(CCCCO)ccc1OC. The third-order valence-corrected chi connectivity index (χ3v) is 2.60. The van der Waals surface area contributed by atoms with E-state index >= 15 is 0 Å². The second-order valence-corrected chi connectivity index (χ2v) is 3.68. The van der Waals surface area contributed by atoms with Gasteiger partial charge in [-0.05, 0) is 42.9 Å². The number of methoxy groups -OCH3 is 1. The Bertz CT molecular complexity index is 295. The first-order valence-electron chi connectivity index (χ1n) is 5.58. The van der Waals surface area contributed by atoms with Gasteiger partial charge in [0.25, 0.3) is 0 Å². The van der Waals surface area contributed by atoms with E-state index in [9.17, 15) is 0 Å². The van der Waals surface area contributed by atoms with E-state index in [4.69, 9.17) is 9.84 Å². The first kappa shape index (κ1) is 12.1. The van der Waals surface area contributed by atoms with Gasteiger partial charge in [0, 0.05) is 6.61 Å². The van der Waals surface area contributed by atoms with Crippen LogP contribution in [0.5, 0.6) is 5.75 Å². The zero-order valence-corrected chi connectivity index (χ0v) is 9.62. The summed E-state index contributed by atoms with van der Waals surface area (Å²) in [6.45, 7) is 2.42. The predicted octanol–water partition coefficient (Wildman–Crippen LogP) is 2.57. The Labute approximate surface area is 91.9 Å². The van der Waals surface area contributed by atoms with Crippen LogP contribution in [0.4, 0.5) is 0 Å². The fraction of sp³-hybridized carbons (Fsp3) is 0.538. The first-order chi connectivity index (χ1) is 7.31. The Hall–Kier alpha value is -1.02. The molecule has 1 N–H and O–H groups in total. The predicted molar refractivity (Wildman–Crippen MR) is 62.4 cm³/mol. The van der Waals surface area contributed by atoms with Gasteiger partial charge in [0.05, 0.1) is 7.11 Å². The molecule has 0 aliphatic heterocycles. The highest BCUT2D eigenvalue weighted by molar-refractivity contribution is 5.37. The van der Waals surface area contributed by atoms with Crippen LogP contribution in [0, 0.1) is 0 Å². The van der Waals surface area contributed by atoms with Crippen LogP contribution in [0.1, 0.15) is 30.9 Å². The molecular weight excluding hydrogens is 188 g/mol. The number of aryl methyl sites for hydroxylation is 2. The molecule has 0 bridgehead atoms. The highest BCUT2D eigenvalue weighted by atomic mass is 16.5. The zero-order valence-electron chi connectivity index (χ0n) is 9.62. The fourth-order valence-electron chi connectivity index (χ4n) is 1.70. The first-order valence-corrected chi connectivity index (χ1v) is 5.58. The third-order valence-electron chi connectivity index (χ3n) is 2.60. The minimum Gasteiger partial charge on any atom is -0.496 e. The number of aliphatic hydroxyl groups is 1. The zero-order chi connectivity index (χ0) is 11.1. The maximum absolute atomic E-state index is 8.71. The molecule has 0 atom stereocenters. The summed E-state index contributed by atoms with van der Waals surface area (Å²) in [5.74, 6) is 0.975. The van der Waals surface area contributed by atoms with Crippen LogP contribution in [0.15, 0.2) is 18.2 Å². The molecule has 0 saturated heterocycles. The molecular formula is C13H20O2. The molecule has 1 aromatic carbocycles. The lowest BCUT2D eigenvalue weighted by Crippen LogP contribution is -1.94. The molecule has 0 radical (unpaired) electrons. The van der Waals surface area contributed by atoms with E-state index in [-0.39, 0.29) is 6.61 Å². The van der Waals surface area contributed by atoms with Crippen molar-refractivity contribution in [2.75, 3.05) is 13.7 Å². The topological polar surface area (TPSA) is 29.5 Å². The maximum atomic E-state index is 8.71. The molecule has 84 valence electrons. The van der Waals surface area contributed by atoms with Crippen LogP contribution >= 0.6 is 0 Å². The van der Waals surface area contributed by atoms with Crippen molar-refractivity contribution in [3.8, 4) is 5.75 Å². The van der Waals surface area contributed by atoms with Crippen molar-refractivity contribution < 1.29 is 9.84 Å². The largest absolute Gasteiger partial charge is 0.496 e. The Kier molecular flexibility index (Phi) is 5.19. The second kappa shape index (κ2) is 6.46. The Morgan fingerprint density at radius 3 is 2.67 bits per heavy atom. The summed E-state index contributed by atoms with van der Waals surface area (Å²) in [4.78, 5) is 0. The number of unbranched alkanes of at least 4 members (excludes halogenated alkanes) is 1. The lowest BCUT2D eigenvalue weighted by atomic mass is 10.0. The van der Waals surface area contributed by atoms with Gasteiger partial charge < -0.3 is 9.84 Å². The molecule has 0 aromatic heterocycles. The van der Waals surface area contributed by atoms with Crippen LogP contribution in [-0.4, -0.2) is 18.8 Å². The van der Waals surface area contributed by atoms with Crippen molar-refractivity contribution in [3.05, 3.63) is 29.3 Å². The number of hydrogen-bond donors (Lipinski definition) is 1. The van der Waals surface area contributed by atoms with Crippen LogP contribution in [-0.2, 0) is 12.8 Å². The average Bonchev–Trinajstić information content (AvgIpc) is 2.29. The average molecular weight is 208 g/mol. The second-order valence-electron chi connectivity index (χ2n) is 3.68. The van der Waals surface area contributed by atoms with Crippen LogP contribution in [0.2, 0.25) is 0 Å². The molecule has 2 heteroatoms. The Morgan fingerprint density at radius 2 is 2.07 bits per heavy atom. The molecule has 0 heterocycles. The molecule has 0 amide bonds. The van der Waals surface area contributed by atoms with Crippen LogP contribution in [0.25, 0.3) is 0 Å². The highest BCUT2D eigenvalue weighted by Gasteiger charge is 2.02. The van der Waals surface area contributed by atoms with Crippen molar-refractivity contribution >= 4 is 0 Å². The number of ether oxygens (including phenoxy) is 1. The minimum atomic E-state index is 0.288. The van der Waals surface area contributed by atoms with E-state index < -0.39 is 0 Å². The molecule has 0 aliphatic rings. The quantitative estimate of drug-likeness (QED) is 0.728. The normalized spacial score (nSPS) is 10.3. The van der Waals surface area contributed by atoms with Gasteiger partial charge >= 0.3 is 0 Å². The van der Waals surface area contributed by atoms with Gasteiger partial charge in [-0.3, -0.25) is 0 Å². The number of hydrogen-bond acceptors (Lipinski definition) is 2. The standard InChI is InChI=1S/C13H20O2/c1-3-12-10-11(6-4-5-9-14)7-8-13(12)15-2/h7-8,10,14H,3-6,9H2,1-2H3. The molecule has 0 spiro atoms. The summed E-state index contributed by atoms with van der Waals surface area (Å²) >= 11 is 0. The van der Waals surface area contributed by atoms with Crippen LogP contribution < -0.4 is 4.74 Å². The van der Waals surface area contributed by atoms with Gasteiger partial charge in [0.1, 0.15) is 5.75 Å². The summed E-state index contributed by atoms with van der Waals surface area (Å²) in [6.07, 6.45) is 3.97. The summed E-state index contributed by atoms with van der Waals surface area (Å²) in [5, 5.41) is 8.71. The third kappa shape index (κ3) is 3.56. The summed E-state index contributed by atoms with van der Waals surface area (Å²) in [5.41, 5.74) is 2.60. The monoisotopic (exact) mass is 208 g/mol. The molecule has 0 aliphatic carbocycles. The molecule has 15 heavy (non-hydrogen) atoms. The highest BCUT2D eigenvalue weighted by Crippen LogP contribution is 2.21. The van der Waals surface area contributed by atoms with Gasteiger partial charge in [-0.2, -0.15) is 0 Å². The van der Waals surface area contributed by atoms with E-state index in [1.165, 1.54) is 11.1 Å². The number of rotatable bonds is 6. The number of benzene rings is 1. The van der Waals surface area contributed by atoms with Crippen molar-refractivity contribution in [3.63, 3.8) is 0 Å². The fourth-order valence-corrected chi connectivity index (χ4v) is 1.70. The molecule has 0 saturated carbocycles. The van der Waals surface area contributed by atoms with Crippen molar-refractivity contribution in [2.45, 2.75) is 32.6 Å². The maximum Gasteiger partial charge on any atom is 0.122 e. The van der Waals surface area contributed by atoms with Gasteiger partial charge in [-0.15, -0.1) is 0 Å². The van der Waals surface area contributed by atoms with Crippen molar-refractivity contribution in [1.82, 2.24) is 0 Å². The van der Waals surface area contributed by atoms with Gasteiger partial charge in [0.15, 0.2) is 0 Å². The van der Waals surface area contributed by atoms with Crippen molar-refractivity contribution in [2.24, 2.45) is 0 Å². The molecule has 1 rings (SSSR count). The minimum absolute atomic E-state index is 0.288. The van der Waals surface area contributed by atoms with Gasteiger partial charge in [-0.1, -0.05) is 19.1 Å². The lowest BCUT2D eigenvalue weighted by Gasteiger charge is -2.09. The molecule has 0 unspecified atom stereocenters. The van der Waals surface area contributed by atoms with Gasteiger partial charge in [-0.25, -0.2) is 0 Å². The Morgan fingerprint density at radius 1 is 1.27 bits per heavy atom. The Balaban J connectivity index is 2.66. The van der Waals surface area contributed by atoms with Crippen LogP contribution in [0.3, 0.4) is 0 Å². The van der Waals surface area contributed by atoms with E-state index in [1.807, 2.05) is 6.07 Å². The lowest BCUT2D eigenvalue weighted by molar-refractivity contribution is 0.284. The van der Waals surface area contributed by atoms with E-state index in [0.717, 1.165) is 31.4 Å². The molecule has 2 nitrogen and oxygen atoms in total. The molecule has 0 fully saturated rings. The van der Waals surface area contributed by atoms with E-state index in [2.05, 4.69) is 19.1 Å². The van der Waals surface area contributed by atoms with Crippen molar-refractivity contribution in [1.29, 1.82) is 0 Å². The van der Waals surface area contributed by atoms with Gasteiger partial charge in [0.2, 0.25) is 0 Å². The smallest absolute Gasteiger partial charge is 0.122 e. The summed E-state index contributed by atoms with van der Waals surface area (Å²) in [6, 6.07) is 6.35. The van der Waals surface area contributed by atoms with E-state index in [1.54, 1.807) is 7.11 Å². The van der Waals surface area contributed by atoms with E-state index in [0.29, 0.717) is 0 Å². The number of aliphatic hydroxyl groups excluding tert-OH is 1. The molecule has 1 aromatic rings. The summed E-state index contributed by atoms with van der Waals surface area (Å²) in [7, 11) is 1.71.